The molecule has 130 valence electrons. The molecule has 0 atom stereocenters. The second-order valence-electron chi connectivity index (χ2n) is 6.22. The van der Waals surface area contributed by atoms with Gasteiger partial charge in [0.2, 0.25) is 0 Å². The molecular formula is C24H22O2. The SMILES string of the molecule is CCc1ccc(C(=O)c2ccccc2)c(C(=O)c2ccccc2)c1CC. The van der Waals surface area contributed by atoms with E-state index in [1.165, 1.54) is 0 Å². The standard InChI is InChI=1S/C24H22O2/c1-3-17-15-16-21(23(25)18-11-7-5-8-12-18)22(20(17)4-2)24(26)19-13-9-6-10-14-19/h5-16H,3-4H2,1-2H3. The molecule has 26 heavy (non-hydrogen) atoms. The Labute approximate surface area is 154 Å². The predicted molar refractivity (Wildman–Crippen MR) is 105 cm³/mol. The summed E-state index contributed by atoms with van der Waals surface area (Å²) in [6.07, 6.45) is 1.55. The molecule has 0 amide bonds. The minimum atomic E-state index is -0.109. The molecule has 3 aromatic carbocycles. The van der Waals surface area contributed by atoms with Gasteiger partial charge < -0.3 is 0 Å². The van der Waals surface area contributed by atoms with Crippen molar-refractivity contribution < 1.29 is 9.59 Å². The van der Waals surface area contributed by atoms with Crippen LogP contribution in [0.5, 0.6) is 0 Å². The summed E-state index contributed by atoms with van der Waals surface area (Å²) in [4.78, 5) is 26.4. The highest BCUT2D eigenvalue weighted by atomic mass is 16.1. The molecule has 0 aliphatic rings. The van der Waals surface area contributed by atoms with Gasteiger partial charge in [0.1, 0.15) is 0 Å². The van der Waals surface area contributed by atoms with Gasteiger partial charge in [0.15, 0.2) is 11.6 Å². The van der Waals surface area contributed by atoms with E-state index in [1.807, 2.05) is 55.5 Å². The highest BCUT2D eigenvalue weighted by molar-refractivity contribution is 6.20. The van der Waals surface area contributed by atoms with Gasteiger partial charge in [-0.3, -0.25) is 9.59 Å². The summed E-state index contributed by atoms with van der Waals surface area (Å²) >= 11 is 0. The highest BCUT2D eigenvalue weighted by Gasteiger charge is 2.23. The van der Waals surface area contributed by atoms with Crippen LogP contribution >= 0.6 is 0 Å². The van der Waals surface area contributed by atoms with E-state index in [-0.39, 0.29) is 11.6 Å². The van der Waals surface area contributed by atoms with Crippen LogP contribution in [0.25, 0.3) is 0 Å². The van der Waals surface area contributed by atoms with Crippen molar-refractivity contribution in [3.05, 3.63) is 106 Å². The number of hydrogen-bond acceptors (Lipinski definition) is 2. The Bertz CT molecular complexity index is 925. The summed E-state index contributed by atoms with van der Waals surface area (Å²) < 4.78 is 0. The number of hydrogen-bond donors (Lipinski definition) is 0. The van der Waals surface area contributed by atoms with Crippen LogP contribution in [-0.2, 0) is 12.8 Å². The first kappa shape index (κ1) is 17.8. The number of carbonyl (C=O) groups excluding carboxylic acids is 2. The molecule has 2 nitrogen and oxygen atoms in total. The van der Waals surface area contributed by atoms with Gasteiger partial charge in [-0.1, -0.05) is 80.6 Å². The number of benzene rings is 3. The lowest BCUT2D eigenvalue weighted by molar-refractivity contribution is 0.100. The lowest BCUT2D eigenvalue weighted by atomic mass is 9.85. The van der Waals surface area contributed by atoms with Crippen molar-refractivity contribution in [1.82, 2.24) is 0 Å². The fourth-order valence-electron chi connectivity index (χ4n) is 3.35. The molecular weight excluding hydrogens is 320 g/mol. The highest BCUT2D eigenvalue weighted by Crippen LogP contribution is 2.26. The fraction of sp³-hybridized carbons (Fsp3) is 0.167. The molecule has 2 heteroatoms. The lowest BCUT2D eigenvalue weighted by Crippen LogP contribution is -2.15. The molecule has 0 unspecified atom stereocenters. The molecule has 3 rings (SSSR count). The normalized spacial score (nSPS) is 10.5. The van der Waals surface area contributed by atoms with Gasteiger partial charge in [-0.2, -0.15) is 0 Å². The molecule has 0 radical (unpaired) electrons. The van der Waals surface area contributed by atoms with Gasteiger partial charge in [0.25, 0.3) is 0 Å². The first-order chi connectivity index (χ1) is 12.7. The van der Waals surface area contributed by atoms with Gasteiger partial charge in [0.05, 0.1) is 0 Å². The molecule has 0 aromatic heterocycles. The molecule has 0 aliphatic carbocycles. The molecule has 0 saturated carbocycles. The summed E-state index contributed by atoms with van der Waals surface area (Å²) in [7, 11) is 0. The molecule has 0 aliphatic heterocycles. The minimum absolute atomic E-state index is 0.0861. The number of carbonyl (C=O) groups is 2. The average molecular weight is 342 g/mol. The van der Waals surface area contributed by atoms with Gasteiger partial charge in [0, 0.05) is 22.3 Å². The summed E-state index contributed by atoms with van der Waals surface area (Å²) in [5, 5.41) is 0. The largest absolute Gasteiger partial charge is 0.289 e. The molecule has 0 N–H and O–H groups in total. The Balaban J connectivity index is 2.22. The van der Waals surface area contributed by atoms with E-state index in [2.05, 4.69) is 6.92 Å². The topological polar surface area (TPSA) is 34.1 Å². The van der Waals surface area contributed by atoms with Crippen molar-refractivity contribution in [2.75, 3.05) is 0 Å². The Morgan fingerprint density at radius 2 is 1.19 bits per heavy atom. The van der Waals surface area contributed by atoms with Gasteiger partial charge in [-0.05, 0) is 30.0 Å². The summed E-state index contributed by atoms with van der Waals surface area (Å²) in [5.74, 6) is -0.195. The Hall–Kier alpha value is -3.00. The molecule has 0 bridgehead atoms. The Morgan fingerprint density at radius 3 is 1.69 bits per heavy atom. The monoisotopic (exact) mass is 342 g/mol. The molecule has 0 heterocycles. The second kappa shape index (κ2) is 7.92. The minimum Gasteiger partial charge on any atom is -0.289 e. The number of aryl methyl sites for hydroxylation is 1. The average Bonchev–Trinajstić information content (AvgIpc) is 2.72. The third-order valence-corrected chi connectivity index (χ3v) is 4.69. The molecule has 3 aromatic rings. The zero-order chi connectivity index (χ0) is 18.5. The van der Waals surface area contributed by atoms with E-state index in [0.29, 0.717) is 28.7 Å². The first-order valence-electron chi connectivity index (χ1n) is 9.01. The van der Waals surface area contributed by atoms with Crippen molar-refractivity contribution in [3.8, 4) is 0 Å². The summed E-state index contributed by atoms with van der Waals surface area (Å²) in [5.41, 5.74) is 4.34. The summed E-state index contributed by atoms with van der Waals surface area (Å²) in [6.45, 7) is 4.11. The zero-order valence-corrected chi connectivity index (χ0v) is 15.2. The third kappa shape index (κ3) is 3.36. The van der Waals surface area contributed by atoms with E-state index in [9.17, 15) is 9.59 Å². The maximum absolute atomic E-state index is 13.3. The van der Waals surface area contributed by atoms with Crippen LogP contribution in [-0.4, -0.2) is 11.6 Å². The van der Waals surface area contributed by atoms with E-state index < -0.39 is 0 Å². The second-order valence-corrected chi connectivity index (χ2v) is 6.22. The van der Waals surface area contributed by atoms with Crippen LogP contribution in [0.1, 0.15) is 56.8 Å². The molecule has 0 saturated heterocycles. The van der Waals surface area contributed by atoms with E-state index in [0.717, 1.165) is 17.5 Å². The predicted octanol–water partition coefficient (Wildman–Crippen LogP) is 5.27. The number of rotatable bonds is 6. The van der Waals surface area contributed by atoms with E-state index in [1.54, 1.807) is 24.3 Å². The van der Waals surface area contributed by atoms with E-state index in [4.69, 9.17) is 0 Å². The maximum atomic E-state index is 13.3. The van der Waals surface area contributed by atoms with Gasteiger partial charge in [-0.15, -0.1) is 0 Å². The van der Waals surface area contributed by atoms with Crippen LogP contribution in [0.4, 0.5) is 0 Å². The lowest BCUT2D eigenvalue weighted by Gasteiger charge is -2.16. The third-order valence-electron chi connectivity index (χ3n) is 4.69. The van der Waals surface area contributed by atoms with Crippen molar-refractivity contribution >= 4 is 11.6 Å². The van der Waals surface area contributed by atoms with Crippen LogP contribution in [0.2, 0.25) is 0 Å². The molecule has 0 fully saturated rings. The fourth-order valence-corrected chi connectivity index (χ4v) is 3.35. The van der Waals surface area contributed by atoms with Crippen LogP contribution in [0, 0.1) is 0 Å². The maximum Gasteiger partial charge on any atom is 0.194 e. The van der Waals surface area contributed by atoms with Gasteiger partial charge in [-0.25, -0.2) is 0 Å². The van der Waals surface area contributed by atoms with E-state index >= 15 is 0 Å². The number of ketones is 2. The zero-order valence-electron chi connectivity index (χ0n) is 15.2. The smallest absolute Gasteiger partial charge is 0.194 e. The van der Waals surface area contributed by atoms with Crippen molar-refractivity contribution in [3.63, 3.8) is 0 Å². The molecule has 0 spiro atoms. The Morgan fingerprint density at radius 1 is 0.654 bits per heavy atom. The van der Waals surface area contributed by atoms with Crippen molar-refractivity contribution in [2.24, 2.45) is 0 Å². The van der Waals surface area contributed by atoms with Crippen LogP contribution in [0.15, 0.2) is 72.8 Å². The Kier molecular flexibility index (Phi) is 5.43. The van der Waals surface area contributed by atoms with Crippen LogP contribution < -0.4 is 0 Å². The van der Waals surface area contributed by atoms with Crippen molar-refractivity contribution in [2.45, 2.75) is 26.7 Å². The van der Waals surface area contributed by atoms with Crippen molar-refractivity contribution in [1.29, 1.82) is 0 Å². The van der Waals surface area contributed by atoms with Gasteiger partial charge >= 0.3 is 0 Å². The van der Waals surface area contributed by atoms with Crippen LogP contribution in [0.3, 0.4) is 0 Å². The summed E-state index contributed by atoms with van der Waals surface area (Å²) in [6, 6.07) is 22.1. The quantitative estimate of drug-likeness (QED) is 0.572. The first-order valence-corrected chi connectivity index (χ1v) is 9.01.